The quantitative estimate of drug-likeness (QED) is 0.676. The lowest BCUT2D eigenvalue weighted by molar-refractivity contribution is -0.122. The number of piperidine rings is 1. The van der Waals surface area contributed by atoms with E-state index in [1.165, 1.54) is 32.5 Å². The fourth-order valence-electron chi connectivity index (χ4n) is 2.73. The lowest BCUT2D eigenvalue weighted by Gasteiger charge is -2.30. The van der Waals surface area contributed by atoms with Gasteiger partial charge in [0.25, 0.3) is 0 Å². The molecule has 1 rings (SSSR count). The summed E-state index contributed by atoms with van der Waals surface area (Å²) < 4.78 is 0. The second-order valence-corrected chi connectivity index (χ2v) is 5.94. The average molecular weight is 306 g/mol. The molecule has 1 heterocycles. The summed E-state index contributed by atoms with van der Waals surface area (Å²) in [7, 11) is 0. The van der Waals surface area contributed by atoms with Crippen molar-refractivity contribution in [2.24, 2.45) is 11.7 Å². The summed E-state index contributed by atoms with van der Waals surface area (Å²) in [4.78, 5) is 14.1. The van der Waals surface area contributed by atoms with Crippen molar-refractivity contribution in [2.75, 3.05) is 26.2 Å². The summed E-state index contributed by atoms with van der Waals surface area (Å²) in [6.45, 7) is 8.81. The van der Waals surface area contributed by atoms with Crippen LogP contribution in [0, 0.1) is 5.92 Å². The molecular weight excluding hydrogens is 274 g/mol. The van der Waals surface area contributed by atoms with E-state index in [-0.39, 0.29) is 24.4 Å². The van der Waals surface area contributed by atoms with Crippen LogP contribution in [0.5, 0.6) is 0 Å². The van der Waals surface area contributed by atoms with Gasteiger partial charge in [-0.3, -0.25) is 4.79 Å². The minimum Gasteiger partial charge on any atom is -0.355 e. The monoisotopic (exact) mass is 305 g/mol. The second-order valence-electron chi connectivity index (χ2n) is 5.94. The SMILES string of the molecule is CCCC(N)C(=O)NCCCCN1CCCC(C)C1.Cl. The average Bonchev–Trinajstić information content (AvgIpc) is 2.38. The molecule has 2 unspecified atom stereocenters. The van der Waals surface area contributed by atoms with Crippen LogP contribution < -0.4 is 11.1 Å². The van der Waals surface area contributed by atoms with Crippen LogP contribution in [-0.4, -0.2) is 43.0 Å². The van der Waals surface area contributed by atoms with Crippen LogP contribution in [-0.2, 0) is 4.79 Å². The zero-order chi connectivity index (χ0) is 14.1. The van der Waals surface area contributed by atoms with Crippen LogP contribution in [0.25, 0.3) is 0 Å². The van der Waals surface area contributed by atoms with Crippen LogP contribution in [0.3, 0.4) is 0 Å². The first-order valence-corrected chi connectivity index (χ1v) is 7.89. The van der Waals surface area contributed by atoms with Gasteiger partial charge in [0.05, 0.1) is 6.04 Å². The molecule has 120 valence electrons. The number of unbranched alkanes of at least 4 members (excludes halogenated alkanes) is 1. The Hall–Kier alpha value is -0.320. The molecule has 0 saturated carbocycles. The topological polar surface area (TPSA) is 58.4 Å². The highest BCUT2D eigenvalue weighted by atomic mass is 35.5. The predicted octanol–water partition coefficient (Wildman–Crippen LogP) is 2.16. The Morgan fingerprint density at radius 1 is 1.45 bits per heavy atom. The van der Waals surface area contributed by atoms with Gasteiger partial charge in [-0.05, 0) is 51.1 Å². The van der Waals surface area contributed by atoms with Crippen molar-refractivity contribution in [3.8, 4) is 0 Å². The highest BCUT2D eigenvalue weighted by Gasteiger charge is 2.15. The standard InChI is InChI=1S/C15H31N3O.ClH/c1-3-7-14(16)15(19)17-9-4-5-10-18-11-6-8-13(2)12-18;/h13-14H,3-12,16H2,1-2H3,(H,17,19);1H. The number of amides is 1. The fraction of sp³-hybridized carbons (Fsp3) is 0.933. The molecule has 5 heteroatoms. The fourth-order valence-corrected chi connectivity index (χ4v) is 2.73. The molecule has 1 saturated heterocycles. The van der Waals surface area contributed by atoms with Crippen LogP contribution in [0.15, 0.2) is 0 Å². The van der Waals surface area contributed by atoms with E-state index in [0.29, 0.717) is 0 Å². The maximum Gasteiger partial charge on any atom is 0.236 e. The molecule has 2 atom stereocenters. The molecule has 1 fully saturated rings. The molecule has 1 amide bonds. The minimum absolute atomic E-state index is 0. The van der Waals surface area contributed by atoms with E-state index < -0.39 is 0 Å². The number of nitrogens with zero attached hydrogens (tertiary/aromatic N) is 1. The molecule has 3 N–H and O–H groups in total. The summed E-state index contributed by atoms with van der Waals surface area (Å²) >= 11 is 0. The van der Waals surface area contributed by atoms with Crippen molar-refractivity contribution >= 4 is 18.3 Å². The largest absolute Gasteiger partial charge is 0.355 e. The van der Waals surface area contributed by atoms with E-state index in [0.717, 1.165) is 38.1 Å². The van der Waals surface area contributed by atoms with Crippen LogP contribution in [0.2, 0.25) is 0 Å². The lowest BCUT2D eigenvalue weighted by Crippen LogP contribution is -2.41. The van der Waals surface area contributed by atoms with Crippen molar-refractivity contribution in [1.82, 2.24) is 10.2 Å². The number of halogens is 1. The number of nitrogens with two attached hydrogens (primary N) is 1. The third-order valence-electron chi connectivity index (χ3n) is 3.88. The number of carbonyl (C=O) groups excluding carboxylic acids is 1. The van der Waals surface area contributed by atoms with Crippen LogP contribution >= 0.6 is 12.4 Å². The maximum atomic E-state index is 11.6. The van der Waals surface area contributed by atoms with Gasteiger partial charge in [-0.25, -0.2) is 0 Å². The van der Waals surface area contributed by atoms with Crippen molar-refractivity contribution < 1.29 is 4.79 Å². The first-order valence-electron chi connectivity index (χ1n) is 7.89. The Labute approximate surface area is 130 Å². The Balaban J connectivity index is 0.00000361. The number of carbonyl (C=O) groups is 1. The molecule has 0 radical (unpaired) electrons. The lowest BCUT2D eigenvalue weighted by atomic mass is 10.0. The molecule has 4 nitrogen and oxygen atoms in total. The van der Waals surface area contributed by atoms with Crippen LogP contribution in [0.4, 0.5) is 0 Å². The molecule has 0 aromatic carbocycles. The normalized spacial score (nSPS) is 21.1. The molecular formula is C15H32ClN3O. The molecule has 0 aromatic rings. The number of hydrogen-bond donors (Lipinski definition) is 2. The number of nitrogens with one attached hydrogen (secondary N) is 1. The Morgan fingerprint density at radius 3 is 2.85 bits per heavy atom. The van der Waals surface area contributed by atoms with Gasteiger partial charge in [0, 0.05) is 13.1 Å². The minimum atomic E-state index is -0.326. The Kier molecular flexibility index (Phi) is 11.2. The van der Waals surface area contributed by atoms with E-state index >= 15 is 0 Å². The third-order valence-corrected chi connectivity index (χ3v) is 3.88. The second kappa shape index (κ2) is 11.4. The predicted molar refractivity (Wildman–Crippen MR) is 87.2 cm³/mol. The molecule has 0 aromatic heterocycles. The first-order chi connectivity index (χ1) is 9.13. The summed E-state index contributed by atoms with van der Waals surface area (Å²) in [5, 5.41) is 2.93. The molecule has 0 spiro atoms. The summed E-state index contributed by atoms with van der Waals surface area (Å²) in [5.74, 6) is 0.855. The van der Waals surface area contributed by atoms with E-state index in [4.69, 9.17) is 5.73 Å². The molecule has 0 aliphatic carbocycles. The van der Waals surface area contributed by atoms with Crippen molar-refractivity contribution in [2.45, 2.75) is 58.4 Å². The van der Waals surface area contributed by atoms with Crippen molar-refractivity contribution in [3.05, 3.63) is 0 Å². The van der Waals surface area contributed by atoms with Crippen LogP contribution in [0.1, 0.15) is 52.4 Å². The first kappa shape index (κ1) is 19.7. The van der Waals surface area contributed by atoms with Gasteiger partial charge < -0.3 is 16.0 Å². The Morgan fingerprint density at radius 2 is 2.20 bits per heavy atom. The van der Waals surface area contributed by atoms with Gasteiger partial charge in [-0.1, -0.05) is 20.3 Å². The molecule has 1 aliphatic heterocycles. The highest BCUT2D eigenvalue weighted by molar-refractivity contribution is 5.85. The number of likely N-dealkylation sites (tertiary alicyclic amines) is 1. The molecule has 0 bridgehead atoms. The van der Waals surface area contributed by atoms with Gasteiger partial charge in [0.1, 0.15) is 0 Å². The Bertz CT molecular complexity index is 264. The number of rotatable bonds is 8. The third kappa shape index (κ3) is 8.08. The van der Waals surface area contributed by atoms with Gasteiger partial charge in [0.2, 0.25) is 5.91 Å². The molecule has 20 heavy (non-hydrogen) atoms. The highest BCUT2D eigenvalue weighted by Crippen LogP contribution is 2.15. The summed E-state index contributed by atoms with van der Waals surface area (Å²) in [6, 6.07) is -0.326. The van der Waals surface area contributed by atoms with Gasteiger partial charge in [0.15, 0.2) is 0 Å². The van der Waals surface area contributed by atoms with E-state index in [9.17, 15) is 4.79 Å². The zero-order valence-corrected chi connectivity index (χ0v) is 13.9. The van der Waals surface area contributed by atoms with E-state index in [1.54, 1.807) is 0 Å². The smallest absolute Gasteiger partial charge is 0.236 e. The van der Waals surface area contributed by atoms with Crippen molar-refractivity contribution in [3.63, 3.8) is 0 Å². The van der Waals surface area contributed by atoms with Gasteiger partial charge in [-0.2, -0.15) is 0 Å². The van der Waals surface area contributed by atoms with Gasteiger partial charge >= 0.3 is 0 Å². The molecule has 1 aliphatic rings. The number of hydrogen-bond acceptors (Lipinski definition) is 3. The van der Waals surface area contributed by atoms with E-state index in [1.807, 2.05) is 6.92 Å². The van der Waals surface area contributed by atoms with E-state index in [2.05, 4.69) is 17.1 Å². The summed E-state index contributed by atoms with van der Waals surface area (Å²) in [5.41, 5.74) is 5.75. The maximum absolute atomic E-state index is 11.6. The van der Waals surface area contributed by atoms with Gasteiger partial charge in [-0.15, -0.1) is 12.4 Å². The van der Waals surface area contributed by atoms with Crippen molar-refractivity contribution in [1.29, 1.82) is 0 Å². The zero-order valence-electron chi connectivity index (χ0n) is 13.1. The summed E-state index contributed by atoms with van der Waals surface area (Å²) in [6.07, 6.45) is 6.66.